The van der Waals surface area contributed by atoms with E-state index in [-0.39, 0.29) is 17.2 Å². The lowest BCUT2D eigenvalue weighted by Crippen LogP contribution is -2.16. The van der Waals surface area contributed by atoms with E-state index in [1.54, 1.807) is 23.9 Å². The lowest BCUT2D eigenvalue weighted by molar-refractivity contribution is -0.115. The Labute approximate surface area is 143 Å². The van der Waals surface area contributed by atoms with Crippen molar-refractivity contribution in [3.05, 3.63) is 35.7 Å². The summed E-state index contributed by atoms with van der Waals surface area (Å²) >= 11 is 1.25. The van der Waals surface area contributed by atoms with Gasteiger partial charge in [-0.1, -0.05) is 11.3 Å². The SMILES string of the molecule is Cc1cc(CC(=O)Nc2nc3ccc(S(C)(=O)=O)cc3s2)n(C)n1. The molecule has 9 heteroatoms. The highest BCUT2D eigenvalue weighted by molar-refractivity contribution is 7.90. The molecule has 0 spiro atoms. The van der Waals surface area contributed by atoms with Crippen LogP contribution in [-0.2, 0) is 28.1 Å². The third-order valence-electron chi connectivity index (χ3n) is 3.47. The van der Waals surface area contributed by atoms with Gasteiger partial charge in [-0.25, -0.2) is 13.4 Å². The Morgan fingerprint density at radius 2 is 2.08 bits per heavy atom. The standard InChI is InChI=1S/C15H16N4O3S2/c1-9-6-10(19(2)18-9)7-14(20)17-15-16-12-5-4-11(24(3,21)22)8-13(12)23-15/h4-6,8H,7H2,1-3H3,(H,16,17,20). The van der Waals surface area contributed by atoms with Crippen LogP contribution in [0.15, 0.2) is 29.2 Å². The van der Waals surface area contributed by atoms with Crippen LogP contribution < -0.4 is 5.32 Å². The maximum absolute atomic E-state index is 12.2. The maximum Gasteiger partial charge on any atom is 0.232 e. The normalized spacial score (nSPS) is 11.8. The summed E-state index contributed by atoms with van der Waals surface area (Å²) in [6.45, 7) is 1.87. The Kier molecular flexibility index (Phi) is 4.14. The number of hydrogen-bond acceptors (Lipinski definition) is 6. The van der Waals surface area contributed by atoms with Gasteiger partial charge < -0.3 is 5.32 Å². The van der Waals surface area contributed by atoms with Crippen molar-refractivity contribution >= 4 is 42.4 Å². The summed E-state index contributed by atoms with van der Waals surface area (Å²) < 4.78 is 25.6. The molecule has 3 rings (SSSR count). The summed E-state index contributed by atoms with van der Waals surface area (Å²) in [5.41, 5.74) is 2.32. The zero-order valence-corrected chi connectivity index (χ0v) is 15.0. The molecule has 0 unspecified atom stereocenters. The van der Waals surface area contributed by atoms with Gasteiger partial charge in [0.1, 0.15) is 0 Å². The van der Waals surface area contributed by atoms with Gasteiger partial charge >= 0.3 is 0 Å². The summed E-state index contributed by atoms with van der Waals surface area (Å²) in [6.07, 6.45) is 1.36. The van der Waals surface area contributed by atoms with Crippen molar-refractivity contribution in [1.82, 2.24) is 14.8 Å². The number of anilines is 1. The molecule has 1 N–H and O–H groups in total. The van der Waals surface area contributed by atoms with Crippen LogP contribution >= 0.6 is 11.3 Å². The number of amides is 1. The fourth-order valence-corrected chi connectivity index (χ4v) is 3.99. The van der Waals surface area contributed by atoms with E-state index in [2.05, 4.69) is 15.4 Å². The second kappa shape index (κ2) is 5.99. The minimum Gasteiger partial charge on any atom is -0.302 e. The highest BCUT2D eigenvalue weighted by Crippen LogP contribution is 2.28. The second-order valence-corrected chi connectivity index (χ2v) is 8.59. The molecule has 0 aliphatic heterocycles. The molecule has 1 aromatic carbocycles. The van der Waals surface area contributed by atoms with Crippen LogP contribution in [0.1, 0.15) is 11.4 Å². The number of rotatable bonds is 4. The van der Waals surface area contributed by atoms with Crippen LogP contribution in [0.2, 0.25) is 0 Å². The van der Waals surface area contributed by atoms with E-state index < -0.39 is 9.84 Å². The number of carbonyl (C=O) groups excluding carboxylic acids is 1. The molecular weight excluding hydrogens is 348 g/mol. The maximum atomic E-state index is 12.2. The molecule has 0 saturated heterocycles. The van der Waals surface area contributed by atoms with E-state index >= 15 is 0 Å². The molecule has 0 aliphatic carbocycles. The van der Waals surface area contributed by atoms with Gasteiger partial charge in [0.15, 0.2) is 15.0 Å². The Hall–Kier alpha value is -2.26. The first-order chi connectivity index (χ1) is 11.2. The average molecular weight is 364 g/mol. The Balaban J connectivity index is 1.80. The molecule has 0 aliphatic rings. The van der Waals surface area contributed by atoms with Gasteiger partial charge in [-0.3, -0.25) is 9.48 Å². The summed E-state index contributed by atoms with van der Waals surface area (Å²) in [5.74, 6) is -0.194. The predicted octanol–water partition coefficient (Wildman–Crippen LogP) is 1.92. The van der Waals surface area contributed by atoms with E-state index in [4.69, 9.17) is 0 Å². The number of carbonyl (C=O) groups is 1. The van der Waals surface area contributed by atoms with Crippen molar-refractivity contribution < 1.29 is 13.2 Å². The highest BCUT2D eigenvalue weighted by atomic mass is 32.2. The molecule has 0 atom stereocenters. The highest BCUT2D eigenvalue weighted by Gasteiger charge is 2.13. The topological polar surface area (TPSA) is 94.0 Å². The Bertz CT molecular complexity index is 1030. The molecule has 2 aromatic heterocycles. The fourth-order valence-electron chi connectivity index (χ4n) is 2.35. The number of hydrogen-bond donors (Lipinski definition) is 1. The lowest BCUT2D eigenvalue weighted by Gasteiger charge is -2.01. The van der Waals surface area contributed by atoms with E-state index in [0.717, 1.165) is 17.6 Å². The molecule has 24 heavy (non-hydrogen) atoms. The minimum atomic E-state index is -3.27. The van der Waals surface area contributed by atoms with Crippen molar-refractivity contribution in [2.45, 2.75) is 18.2 Å². The monoisotopic (exact) mass is 364 g/mol. The van der Waals surface area contributed by atoms with Crippen LogP contribution in [0.25, 0.3) is 10.2 Å². The molecule has 0 fully saturated rings. The number of nitrogens with zero attached hydrogens (tertiary/aromatic N) is 3. The third kappa shape index (κ3) is 3.46. The number of aryl methyl sites for hydroxylation is 2. The lowest BCUT2D eigenvalue weighted by atomic mass is 10.3. The Morgan fingerprint density at radius 3 is 2.71 bits per heavy atom. The Morgan fingerprint density at radius 1 is 1.33 bits per heavy atom. The summed E-state index contributed by atoms with van der Waals surface area (Å²) in [5, 5.41) is 7.40. The molecule has 1 amide bonds. The van der Waals surface area contributed by atoms with Gasteiger partial charge in [0.2, 0.25) is 5.91 Å². The van der Waals surface area contributed by atoms with Gasteiger partial charge in [-0.15, -0.1) is 0 Å². The van der Waals surface area contributed by atoms with Crippen LogP contribution in [0.3, 0.4) is 0 Å². The number of benzene rings is 1. The predicted molar refractivity (Wildman–Crippen MR) is 93.0 cm³/mol. The molecular formula is C15H16N4O3S2. The summed E-state index contributed by atoms with van der Waals surface area (Å²) in [7, 11) is -1.48. The van der Waals surface area contributed by atoms with E-state index in [1.165, 1.54) is 17.4 Å². The van der Waals surface area contributed by atoms with Crippen LogP contribution in [0, 0.1) is 6.92 Å². The molecule has 2 heterocycles. The summed E-state index contributed by atoms with van der Waals surface area (Å²) in [6, 6.07) is 6.59. The number of nitrogens with one attached hydrogen (secondary N) is 1. The number of sulfone groups is 1. The molecule has 0 saturated carbocycles. The van der Waals surface area contributed by atoms with Crippen LogP contribution in [-0.4, -0.2) is 35.3 Å². The van der Waals surface area contributed by atoms with Gasteiger partial charge in [0.25, 0.3) is 0 Å². The van der Waals surface area contributed by atoms with E-state index in [0.29, 0.717) is 15.3 Å². The fraction of sp³-hybridized carbons (Fsp3) is 0.267. The van der Waals surface area contributed by atoms with E-state index in [9.17, 15) is 13.2 Å². The first-order valence-corrected chi connectivity index (χ1v) is 9.83. The van der Waals surface area contributed by atoms with Crippen molar-refractivity contribution in [1.29, 1.82) is 0 Å². The number of thiazole rings is 1. The van der Waals surface area contributed by atoms with Gasteiger partial charge in [-0.05, 0) is 31.2 Å². The van der Waals surface area contributed by atoms with Crippen LogP contribution in [0.5, 0.6) is 0 Å². The first-order valence-electron chi connectivity index (χ1n) is 7.12. The number of aromatic nitrogens is 3. The van der Waals surface area contributed by atoms with Crippen molar-refractivity contribution in [2.75, 3.05) is 11.6 Å². The minimum absolute atomic E-state index is 0.194. The molecule has 7 nitrogen and oxygen atoms in total. The zero-order chi connectivity index (χ0) is 17.5. The van der Waals surface area contributed by atoms with E-state index in [1.807, 2.05) is 13.0 Å². The second-order valence-electron chi connectivity index (χ2n) is 5.55. The smallest absolute Gasteiger partial charge is 0.232 e. The summed E-state index contributed by atoms with van der Waals surface area (Å²) in [4.78, 5) is 16.7. The molecule has 0 radical (unpaired) electrons. The quantitative estimate of drug-likeness (QED) is 0.763. The average Bonchev–Trinajstić information content (AvgIpc) is 2.99. The third-order valence-corrected chi connectivity index (χ3v) is 5.52. The van der Waals surface area contributed by atoms with Gasteiger partial charge in [-0.2, -0.15) is 5.10 Å². The largest absolute Gasteiger partial charge is 0.302 e. The first kappa shape index (κ1) is 16.6. The molecule has 3 aromatic rings. The van der Waals surface area contributed by atoms with Gasteiger partial charge in [0, 0.05) is 19.0 Å². The van der Waals surface area contributed by atoms with Gasteiger partial charge in [0.05, 0.1) is 27.2 Å². The number of fused-ring (bicyclic) bond motifs is 1. The van der Waals surface area contributed by atoms with Crippen LogP contribution in [0.4, 0.5) is 5.13 Å². The molecule has 0 bridgehead atoms. The van der Waals surface area contributed by atoms with Crippen molar-refractivity contribution in [2.24, 2.45) is 7.05 Å². The zero-order valence-electron chi connectivity index (χ0n) is 13.4. The van der Waals surface area contributed by atoms with Crippen molar-refractivity contribution in [3.8, 4) is 0 Å². The van der Waals surface area contributed by atoms with Crippen molar-refractivity contribution in [3.63, 3.8) is 0 Å². The molecule has 126 valence electrons.